The maximum atomic E-state index is 12.3. The fourth-order valence-corrected chi connectivity index (χ4v) is 4.31. The number of nitrogens with one attached hydrogen (secondary N) is 2. The van der Waals surface area contributed by atoms with Crippen LogP contribution in [0.4, 0.5) is 10.5 Å². The van der Waals surface area contributed by atoms with Crippen molar-refractivity contribution in [3.05, 3.63) is 29.3 Å². The maximum absolute atomic E-state index is 12.3. The zero-order chi connectivity index (χ0) is 17.2. The van der Waals surface area contributed by atoms with Crippen LogP contribution in [0.5, 0.6) is 0 Å². The highest BCUT2D eigenvalue weighted by Crippen LogP contribution is 2.40. The summed E-state index contributed by atoms with van der Waals surface area (Å²) in [5.74, 6) is 0.792. The van der Waals surface area contributed by atoms with Gasteiger partial charge in [-0.15, -0.1) is 0 Å². The molecule has 2 amide bonds. The van der Waals surface area contributed by atoms with Gasteiger partial charge in [0.05, 0.1) is 0 Å². The van der Waals surface area contributed by atoms with Gasteiger partial charge in [-0.2, -0.15) is 0 Å². The van der Waals surface area contributed by atoms with Crippen LogP contribution < -0.4 is 10.6 Å². The van der Waals surface area contributed by atoms with Crippen molar-refractivity contribution in [3.63, 3.8) is 0 Å². The molecule has 0 heterocycles. The lowest BCUT2D eigenvalue weighted by Crippen LogP contribution is -2.41. The topological polar surface area (TPSA) is 41.1 Å². The summed E-state index contributed by atoms with van der Waals surface area (Å²) in [7, 11) is 0. The van der Waals surface area contributed by atoms with Crippen molar-refractivity contribution in [1.82, 2.24) is 5.32 Å². The summed E-state index contributed by atoms with van der Waals surface area (Å²) in [5, 5.41) is 6.20. The average Bonchev–Trinajstić information content (AvgIpc) is 3.03. The Kier molecular flexibility index (Phi) is 5.17. The van der Waals surface area contributed by atoms with E-state index >= 15 is 0 Å². The first-order valence-corrected chi connectivity index (χ1v) is 9.67. The van der Waals surface area contributed by atoms with Gasteiger partial charge in [0.15, 0.2) is 0 Å². The molecule has 0 spiro atoms. The van der Waals surface area contributed by atoms with E-state index in [9.17, 15) is 4.79 Å². The molecule has 2 aliphatic carbocycles. The predicted molar refractivity (Wildman–Crippen MR) is 100 cm³/mol. The number of amides is 2. The van der Waals surface area contributed by atoms with Crippen molar-refractivity contribution >= 4 is 11.7 Å². The van der Waals surface area contributed by atoms with Gasteiger partial charge in [0.25, 0.3) is 0 Å². The molecular formula is C21H32N2O. The van der Waals surface area contributed by atoms with E-state index in [1.807, 2.05) is 6.07 Å². The molecule has 0 radical (unpaired) electrons. The standard InChI is InChI=1S/C21H32N2O/c1-4-21(2,3)17-9-12-18(13-10-17)22-20(24)23-19-11-8-15-6-5-7-16(15)14-19/h8,11,14,17-18H,4-7,9-10,12-13H2,1-3H3,(H2,22,23,24). The first-order valence-electron chi connectivity index (χ1n) is 9.67. The van der Waals surface area contributed by atoms with Gasteiger partial charge < -0.3 is 10.6 Å². The normalized spacial score (nSPS) is 23.6. The Bertz CT molecular complexity index is 586. The minimum Gasteiger partial charge on any atom is -0.335 e. The molecule has 2 N–H and O–H groups in total. The lowest BCUT2D eigenvalue weighted by Gasteiger charge is -2.39. The Morgan fingerprint density at radius 2 is 1.83 bits per heavy atom. The molecule has 24 heavy (non-hydrogen) atoms. The summed E-state index contributed by atoms with van der Waals surface area (Å²) in [6.07, 6.45) is 9.45. The van der Waals surface area contributed by atoms with E-state index < -0.39 is 0 Å². The smallest absolute Gasteiger partial charge is 0.319 e. The van der Waals surface area contributed by atoms with Crippen LogP contribution in [-0.4, -0.2) is 12.1 Å². The number of anilines is 1. The monoisotopic (exact) mass is 328 g/mol. The van der Waals surface area contributed by atoms with Crippen molar-refractivity contribution < 1.29 is 4.79 Å². The molecule has 0 aliphatic heterocycles. The lowest BCUT2D eigenvalue weighted by atomic mass is 9.69. The van der Waals surface area contributed by atoms with Crippen LogP contribution in [0.25, 0.3) is 0 Å². The first kappa shape index (κ1) is 17.3. The summed E-state index contributed by atoms with van der Waals surface area (Å²) in [6.45, 7) is 7.05. The molecule has 0 saturated heterocycles. The molecule has 3 rings (SSSR count). The van der Waals surface area contributed by atoms with E-state index in [0.717, 1.165) is 30.9 Å². The van der Waals surface area contributed by atoms with E-state index in [2.05, 4.69) is 43.5 Å². The number of hydrogen-bond acceptors (Lipinski definition) is 1. The van der Waals surface area contributed by atoms with E-state index in [-0.39, 0.29) is 6.03 Å². The van der Waals surface area contributed by atoms with E-state index in [1.54, 1.807) is 0 Å². The second-order valence-corrected chi connectivity index (χ2v) is 8.33. The number of urea groups is 1. The van der Waals surface area contributed by atoms with Gasteiger partial charge in [-0.3, -0.25) is 0 Å². The third kappa shape index (κ3) is 3.93. The third-order valence-corrected chi connectivity index (χ3v) is 6.44. The van der Waals surface area contributed by atoms with E-state index in [1.165, 1.54) is 43.2 Å². The van der Waals surface area contributed by atoms with Crippen LogP contribution in [0.1, 0.15) is 70.4 Å². The van der Waals surface area contributed by atoms with Gasteiger partial charge in [0.2, 0.25) is 0 Å². The third-order valence-electron chi connectivity index (χ3n) is 6.44. The molecule has 1 fully saturated rings. The SMILES string of the molecule is CCC(C)(C)C1CCC(NC(=O)Nc2ccc3c(c2)CCC3)CC1. The molecule has 1 aromatic rings. The van der Waals surface area contributed by atoms with Crippen molar-refractivity contribution in [2.75, 3.05) is 5.32 Å². The summed E-state index contributed by atoms with van der Waals surface area (Å²) in [5.41, 5.74) is 4.19. The van der Waals surface area contributed by atoms with Crippen molar-refractivity contribution in [1.29, 1.82) is 0 Å². The Hall–Kier alpha value is -1.51. The quantitative estimate of drug-likeness (QED) is 0.774. The van der Waals surface area contributed by atoms with Crippen LogP contribution >= 0.6 is 0 Å². The van der Waals surface area contributed by atoms with Gasteiger partial charge >= 0.3 is 6.03 Å². The minimum atomic E-state index is -0.0499. The summed E-state index contributed by atoms with van der Waals surface area (Å²) in [4.78, 5) is 12.3. The summed E-state index contributed by atoms with van der Waals surface area (Å²) < 4.78 is 0. The second kappa shape index (κ2) is 7.16. The van der Waals surface area contributed by atoms with Crippen LogP contribution in [-0.2, 0) is 12.8 Å². The Morgan fingerprint density at radius 1 is 1.12 bits per heavy atom. The molecule has 1 aromatic carbocycles. The lowest BCUT2D eigenvalue weighted by molar-refractivity contribution is 0.139. The largest absolute Gasteiger partial charge is 0.335 e. The average molecular weight is 329 g/mol. The zero-order valence-corrected chi connectivity index (χ0v) is 15.5. The number of aryl methyl sites for hydroxylation is 2. The fourth-order valence-electron chi connectivity index (χ4n) is 4.31. The molecule has 0 unspecified atom stereocenters. The molecule has 3 heteroatoms. The second-order valence-electron chi connectivity index (χ2n) is 8.33. The van der Waals surface area contributed by atoms with Gasteiger partial charge in [-0.05, 0) is 79.5 Å². The molecular weight excluding hydrogens is 296 g/mol. The van der Waals surface area contributed by atoms with Gasteiger partial charge in [0, 0.05) is 11.7 Å². The van der Waals surface area contributed by atoms with Crippen LogP contribution in [0.2, 0.25) is 0 Å². The number of rotatable bonds is 4. The molecule has 3 nitrogen and oxygen atoms in total. The van der Waals surface area contributed by atoms with Crippen LogP contribution in [0.15, 0.2) is 18.2 Å². The number of hydrogen-bond donors (Lipinski definition) is 2. The Labute approximate surface area is 146 Å². The van der Waals surface area contributed by atoms with Gasteiger partial charge in [-0.25, -0.2) is 4.79 Å². The molecule has 1 saturated carbocycles. The summed E-state index contributed by atoms with van der Waals surface area (Å²) in [6, 6.07) is 6.61. The Balaban J connectivity index is 1.48. The molecule has 132 valence electrons. The van der Waals surface area contributed by atoms with Crippen LogP contribution in [0.3, 0.4) is 0 Å². The predicted octanol–water partition coefficient (Wildman–Crippen LogP) is 5.29. The zero-order valence-electron chi connectivity index (χ0n) is 15.5. The van der Waals surface area contributed by atoms with Crippen molar-refractivity contribution in [3.8, 4) is 0 Å². The highest BCUT2D eigenvalue weighted by molar-refractivity contribution is 5.89. The van der Waals surface area contributed by atoms with Crippen molar-refractivity contribution in [2.24, 2.45) is 11.3 Å². The Morgan fingerprint density at radius 3 is 2.54 bits per heavy atom. The molecule has 0 atom stereocenters. The highest BCUT2D eigenvalue weighted by atomic mass is 16.2. The molecule has 0 aromatic heterocycles. The molecule has 2 aliphatic rings. The maximum Gasteiger partial charge on any atom is 0.319 e. The number of fused-ring (bicyclic) bond motifs is 1. The van der Waals surface area contributed by atoms with Crippen LogP contribution in [0, 0.1) is 11.3 Å². The van der Waals surface area contributed by atoms with E-state index in [0.29, 0.717) is 11.5 Å². The minimum absolute atomic E-state index is 0.0499. The number of benzene rings is 1. The van der Waals surface area contributed by atoms with Gasteiger partial charge in [-0.1, -0.05) is 33.3 Å². The van der Waals surface area contributed by atoms with Gasteiger partial charge in [0.1, 0.15) is 0 Å². The van der Waals surface area contributed by atoms with E-state index in [4.69, 9.17) is 0 Å². The number of carbonyl (C=O) groups is 1. The molecule has 0 bridgehead atoms. The highest BCUT2D eigenvalue weighted by Gasteiger charge is 2.32. The van der Waals surface area contributed by atoms with Crippen molar-refractivity contribution in [2.45, 2.75) is 78.2 Å². The number of carbonyl (C=O) groups excluding carboxylic acids is 1. The summed E-state index contributed by atoms with van der Waals surface area (Å²) >= 11 is 0. The fraction of sp³-hybridized carbons (Fsp3) is 0.667. The first-order chi connectivity index (χ1) is 11.5.